The van der Waals surface area contributed by atoms with Crippen LogP contribution in [0.1, 0.15) is 31.5 Å². The van der Waals surface area contributed by atoms with Gasteiger partial charge in [-0.15, -0.1) is 0 Å². The van der Waals surface area contributed by atoms with Gasteiger partial charge in [0.1, 0.15) is 5.82 Å². The molecular weight excluding hydrogens is 268 g/mol. The Morgan fingerprint density at radius 3 is 3.10 bits per heavy atom. The van der Waals surface area contributed by atoms with E-state index in [0.717, 1.165) is 44.7 Å². The first-order valence-electron chi connectivity index (χ1n) is 7.94. The molecule has 2 amide bonds. The third-order valence-electron chi connectivity index (χ3n) is 4.37. The standard InChI is InChI=1S/C15H24N4O2/c20-15(18-11-13-3-1-2-8-21-13)17-10-12-4-6-19-7-5-16-14(19)9-12/h5,7,12-13H,1-4,6,8-11H2,(H2,17,18,20)/t12-,13+/m1/s1. The van der Waals surface area contributed by atoms with E-state index < -0.39 is 0 Å². The van der Waals surface area contributed by atoms with E-state index in [4.69, 9.17) is 4.74 Å². The number of rotatable bonds is 4. The smallest absolute Gasteiger partial charge is 0.314 e. The Morgan fingerprint density at radius 1 is 1.33 bits per heavy atom. The van der Waals surface area contributed by atoms with Crippen molar-refractivity contribution < 1.29 is 9.53 Å². The van der Waals surface area contributed by atoms with Gasteiger partial charge in [0.15, 0.2) is 0 Å². The number of aryl methyl sites for hydroxylation is 1. The largest absolute Gasteiger partial charge is 0.376 e. The molecule has 1 aromatic heterocycles. The molecular formula is C15H24N4O2. The molecule has 1 fully saturated rings. The second-order valence-corrected chi connectivity index (χ2v) is 5.98. The highest BCUT2D eigenvalue weighted by Gasteiger charge is 2.20. The lowest BCUT2D eigenvalue weighted by Gasteiger charge is -2.25. The van der Waals surface area contributed by atoms with E-state index in [0.29, 0.717) is 19.0 Å². The molecule has 3 heterocycles. The maximum absolute atomic E-state index is 11.8. The molecule has 2 aliphatic heterocycles. The van der Waals surface area contributed by atoms with Crippen LogP contribution in [0.3, 0.4) is 0 Å². The molecule has 0 aliphatic carbocycles. The number of carbonyl (C=O) groups excluding carboxylic acids is 1. The Labute approximate surface area is 125 Å². The minimum atomic E-state index is -0.0851. The first kappa shape index (κ1) is 14.4. The van der Waals surface area contributed by atoms with Crippen molar-refractivity contribution in [2.75, 3.05) is 19.7 Å². The van der Waals surface area contributed by atoms with E-state index >= 15 is 0 Å². The van der Waals surface area contributed by atoms with E-state index in [1.807, 2.05) is 12.4 Å². The molecule has 1 saturated heterocycles. The number of nitrogens with zero attached hydrogens (tertiary/aromatic N) is 2. The van der Waals surface area contributed by atoms with Crippen LogP contribution >= 0.6 is 0 Å². The Hall–Kier alpha value is -1.56. The molecule has 6 nitrogen and oxygen atoms in total. The third kappa shape index (κ3) is 3.97. The summed E-state index contributed by atoms with van der Waals surface area (Å²) in [6, 6.07) is -0.0851. The normalized spacial score (nSPS) is 25.1. The average Bonchev–Trinajstić information content (AvgIpc) is 2.99. The zero-order chi connectivity index (χ0) is 14.5. The number of imidazole rings is 1. The van der Waals surface area contributed by atoms with Crippen molar-refractivity contribution in [1.82, 2.24) is 20.2 Å². The maximum atomic E-state index is 11.8. The summed E-state index contributed by atoms with van der Waals surface area (Å²) in [6.45, 7) is 3.15. The second kappa shape index (κ2) is 6.93. The van der Waals surface area contributed by atoms with Gasteiger partial charge in [-0.25, -0.2) is 9.78 Å². The third-order valence-corrected chi connectivity index (χ3v) is 4.37. The van der Waals surface area contributed by atoms with Gasteiger partial charge < -0.3 is 19.9 Å². The van der Waals surface area contributed by atoms with Gasteiger partial charge in [0.2, 0.25) is 0 Å². The van der Waals surface area contributed by atoms with Crippen LogP contribution in [-0.2, 0) is 17.7 Å². The van der Waals surface area contributed by atoms with Gasteiger partial charge in [-0.3, -0.25) is 0 Å². The Balaban J connectivity index is 1.34. The lowest BCUT2D eigenvalue weighted by atomic mass is 9.98. The van der Waals surface area contributed by atoms with Crippen molar-refractivity contribution in [3.05, 3.63) is 18.2 Å². The molecule has 0 saturated carbocycles. The summed E-state index contributed by atoms with van der Waals surface area (Å²) in [6.07, 6.45) is 9.48. The molecule has 0 radical (unpaired) electrons. The number of aromatic nitrogens is 2. The predicted octanol–water partition coefficient (Wildman–Crippen LogP) is 1.31. The maximum Gasteiger partial charge on any atom is 0.314 e. The van der Waals surface area contributed by atoms with Crippen LogP contribution in [0.5, 0.6) is 0 Å². The molecule has 0 spiro atoms. The van der Waals surface area contributed by atoms with Crippen molar-refractivity contribution in [3.63, 3.8) is 0 Å². The number of ether oxygens (including phenoxy) is 1. The first-order chi connectivity index (χ1) is 10.3. The predicted molar refractivity (Wildman–Crippen MR) is 79.0 cm³/mol. The van der Waals surface area contributed by atoms with Crippen molar-refractivity contribution in [1.29, 1.82) is 0 Å². The van der Waals surface area contributed by atoms with Crippen molar-refractivity contribution in [2.45, 2.75) is 44.8 Å². The van der Waals surface area contributed by atoms with E-state index in [1.54, 1.807) is 0 Å². The van der Waals surface area contributed by atoms with Crippen LogP contribution in [0.4, 0.5) is 4.79 Å². The molecule has 0 aromatic carbocycles. The summed E-state index contributed by atoms with van der Waals surface area (Å²) >= 11 is 0. The van der Waals surface area contributed by atoms with Crippen molar-refractivity contribution >= 4 is 6.03 Å². The van der Waals surface area contributed by atoms with E-state index in [-0.39, 0.29) is 12.1 Å². The molecule has 21 heavy (non-hydrogen) atoms. The van der Waals surface area contributed by atoms with Crippen molar-refractivity contribution in [3.8, 4) is 0 Å². The monoisotopic (exact) mass is 292 g/mol. The zero-order valence-electron chi connectivity index (χ0n) is 12.4. The molecule has 116 valence electrons. The summed E-state index contributed by atoms with van der Waals surface area (Å²) in [5, 5.41) is 5.88. The summed E-state index contributed by atoms with van der Waals surface area (Å²) < 4.78 is 7.79. The lowest BCUT2D eigenvalue weighted by Crippen LogP contribution is -2.43. The lowest BCUT2D eigenvalue weighted by molar-refractivity contribution is 0.0184. The van der Waals surface area contributed by atoms with Gasteiger partial charge in [0.05, 0.1) is 6.10 Å². The summed E-state index contributed by atoms with van der Waals surface area (Å²) in [4.78, 5) is 16.2. The number of hydrogen-bond acceptors (Lipinski definition) is 3. The summed E-state index contributed by atoms with van der Waals surface area (Å²) in [5.74, 6) is 1.61. The summed E-state index contributed by atoms with van der Waals surface area (Å²) in [5.41, 5.74) is 0. The van der Waals surface area contributed by atoms with Crippen LogP contribution in [0.2, 0.25) is 0 Å². The SMILES string of the molecule is O=C(NC[C@@H]1CCn2ccnc2C1)NC[C@@H]1CCCCO1. The number of hydrogen-bond donors (Lipinski definition) is 2. The highest BCUT2D eigenvalue weighted by molar-refractivity contribution is 5.73. The molecule has 2 N–H and O–H groups in total. The molecule has 2 aliphatic rings. The number of urea groups is 1. The molecule has 3 rings (SSSR count). The van der Waals surface area contributed by atoms with Crippen LogP contribution in [0.25, 0.3) is 0 Å². The minimum absolute atomic E-state index is 0.0851. The highest BCUT2D eigenvalue weighted by atomic mass is 16.5. The van der Waals surface area contributed by atoms with Gasteiger partial charge in [-0.1, -0.05) is 0 Å². The topological polar surface area (TPSA) is 68.2 Å². The summed E-state index contributed by atoms with van der Waals surface area (Å²) in [7, 11) is 0. The van der Waals surface area contributed by atoms with Crippen LogP contribution in [0.15, 0.2) is 12.4 Å². The van der Waals surface area contributed by atoms with Crippen LogP contribution in [0, 0.1) is 5.92 Å². The van der Waals surface area contributed by atoms with Crippen molar-refractivity contribution in [2.24, 2.45) is 5.92 Å². The van der Waals surface area contributed by atoms with Gasteiger partial charge in [0.25, 0.3) is 0 Å². The van der Waals surface area contributed by atoms with E-state index in [1.165, 1.54) is 6.42 Å². The fourth-order valence-corrected chi connectivity index (χ4v) is 3.06. The number of nitrogens with one attached hydrogen (secondary N) is 2. The molecule has 0 unspecified atom stereocenters. The number of fused-ring (bicyclic) bond motifs is 1. The Kier molecular flexibility index (Phi) is 4.75. The molecule has 1 aromatic rings. The first-order valence-corrected chi connectivity index (χ1v) is 7.94. The van der Waals surface area contributed by atoms with Gasteiger partial charge >= 0.3 is 6.03 Å². The van der Waals surface area contributed by atoms with E-state index in [9.17, 15) is 4.79 Å². The van der Waals surface area contributed by atoms with Crippen LogP contribution < -0.4 is 10.6 Å². The highest BCUT2D eigenvalue weighted by Crippen LogP contribution is 2.18. The van der Waals surface area contributed by atoms with E-state index in [2.05, 4.69) is 20.2 Å². The molecule has 0 bridgehead atoms. The Bertz CT molecular complexity index is 468. The number of amides is 2. The fourth-order valence-electron chi connectivity index (χ4n) is 3.06. The van der Waals surface area contributed by atoms with Gasteiger partial charge in [-0.05, 0) is 31.6 Å². The minimum Gasteiger partial charge on any atom is -0.376 e. The van der Waals surface area contributed by atoms with Gasteiger partial charge in [0, 0.05) is 45.1 Å². The average molecular weight is 292 g/mol. The quantitative estimate of drug-likeness (QED) is 0.879. The molecule has 6 heteroatoms. The number of carbonyl (C=O) groups is 1. The van der Waals surface area contributed by atoms with Gasteiger partial charge in [-0.2, -0.15) is 0 Å². The second-order valence-electron chi connectivity index (χ2n) is 5.98. The molecule has 2 atom stereocenters. The zero-order valence-corrected chi connectivity index (χ0v) is 12.4. The Morgan fingerprint density at radius 2 is 2.24 bits per heavy atom. The fraction of sp³-hybridized carbons (Fsp3) is 0.733. The van der Waals surface area contributed by atoms with Crippen LogP contribution in [-0.4, -0.2) is 41.4 Å².